The molecule has 4 aromatic heterocycles. The SMILES string of the molecule is c1ccc(-c2ccc3sc4cccc(-c5ccc6c7ccccc7n(-c7nc(-c8ccccc8)nc(-c8ccc9c%10ccccc%10n(-c%10ccccc%10)c9c8)n7)c6c5)c4c3c2)cc1. The van der Waals surface area contributed by atoms with Crippen LogP contribution in [0.3, 0.4) is 0 Å². The molecule has 0 spiro atoms. The molecule has 0 saturated carbocycles. The Morgan fingerprint density at radius 3 is 1.60 bits per heavy atom. The Morgan fingerprint density at radius 2 is 0.873 bits per heavy atom. The number of hydrogen-bond donors (Lipinski definition) is 0. The summed E-state index contributed by atoms with van der Waals surface area (Å²) in [4.78, 5) is 15.9. The highest BCUT2D eigenvalue weighted by atomic mass is 32.1. The summed E-state index contributed by atoms with van der Waals surface area (Å²) in [6.07, 6.45) is 0. The maximum absolute atomic E-state index is 5.39. The number of hydrogen-bond acceptors (Lipinski definition) is 4. The summed E-state index contributed by atoms with van der Waals surface area (Å²) >= 11 is 1.85. The van der Waals surface area contributed by atoms with Crippen LogP contribution in [0.15, 0.2) is 212 Å². The molecule has 0 amide bonds. The molecule has 63 heavy (non-hydrogen) atoms. The molecule has 0 aliphatic rings. The van der Waals surface area contributed by atoms with E-state index in [0.29, 0.717) is 17.6 Å². The lowest BCUT2D eigenvalue weighted by Gasteiger charge is -2.12. The van der Waals surface area contributed by atoms with Crippen molar-refractivity contribution in [3.8, 4) is 56.7 Å². The van der Waals surface area contributed by atoms with E-state index >= 15 is 0 Å². The van der Waals surface area contributed by atoms with Gasteiger partial charge in [0.05, 0.1) is 22.1 Å². The number of benzene rings is 9. The molecule has 0 bridgehead atoms. The Labute approximate surface area is 366 Å². The monoisotopic (exact) mass is 821 g/mol. The van der Waals surface area contributed by atoms with E-state index in [-0.39, 0.29) is 0 Å². The second-order valence-electron chi connectivity index (χ2n) is 16.0. The van der Waals surface area contributed by atoms with E-state index in [0.717, 1.165) is 55.2 Å². The molecule has 0 aliphatic heterocycles. The molecule has 0 unspecified atom stereocenters. The summed E-state index contributed by atoms with van der Waals surface area (Å²) in [6, 6.07) is 75.6. The fourth-order valence-corrected chi connectivity index (χ4v) is 10.6. The first-order chi connectivity index (χ1) is 31.2. The summed E-state index contributed by atoms with van der Waals surface area (Å²) in [5, 5.41) is 7.20. The first-order valence-electron chi connectivity index (χ1n) is 21.2. The smallest absolute Gasteiger partial charge is 0.238 e. The highest BCUT2D eigenvalue weighted by molar-refractivity contribution is 7.26. The summed E-state index contributed by atoms with van der Waals surface area (Å²) in [7, 11) is 0. The van der Waals surface area contributed by atoms with E-state index in [4.69, 9.17) is 15.0 Å². The average molecular weight is 822 g/mol. The molecule has 4 heterocycles. The van der Waals surface area contributed by atoms with E-state index < -0.39 is 0 Å². The van der Waals surface area contributed by atoms with Gasteiger partial charge in [-0.15, -0.1) is 11.3 Å². The zero-order chi connectivity index (χ0) is 41.4. The molecule has 0 N–H and O–H groups in total. The standard InChI is InChI=1S/C57H35N5S/c1-4-15-36(16-5-1)38-29-32-52-47(33-38)54-42(23-14-26-53(54)63-52)39-27-30-46-44-22-11-13-25-49(44)62(51(46)34-39)57-59-55(37-17-6-2-7-18-37)58-56(60-57)40-28-31-45-43-21-10-12-24-48(43)61(50(45)35-40)41-19-8-3-9-20-41/h1-35H. The second-order valence-corrected chi connectivity index (χ2v) is 17.1. The van der Waals surface area contributed by atoms with Crippen molar-refractivity contribution in [2.75, 3.05) is 0 Å². The number of nitrogens with zero attached hydrogens (tertiary/aromatic N) is 5. The molecule has 0 aliphatic carbocycles. The van der Waals surface area contributed by atoms with Crippen LogP contribution < -0.4 is 0 Å². The first-order valence-corrected chi connectivity index (χ1v) is 22.0. The van der Waals surface area contributed by atoms with Crippen molar-refractivity contribution in [1.29, 1.82) is 0 Å². The van der Waals surface area contributed by atoms with Gasteiger partial charge in [-0.2, -0.15) is 9.97 Å². The summed E-state index contributed by atoms with van der Waals surface area (Å²) < 4.78 is 7.11. The maximum atomic E-state index is 5.39. The van der Waals surface area contributed by atoms with Crippen molar-refractivity contribution in [2.24, 2.45) is 0 Å². The van der Waals surface area contributed by atoms with E-state index in [9.17, 15) is 0 Å². The summed E-state index contributed by atoms with van der Waals surface area (Å²) in [6.45, 7) is 0. The van der Waals surface area contributed by atoms with Crippen molar-refractivity contribution in [2.45, 2.75) is 0 Å². The van der Waals surface area contributed by atoms with Crippen LogP contribution in [0, 0.1) is 0 Å². The summed E-state index contributed by atoms with van der Waals surface area (Å²) in [5.41, 5.74) is 12.0. The Hall–Kier alpha value is -8.19. The average Bonchev–Trinajstić information content (AvgIpc) is 4.01. The third kappa shape index (κ3) is 5.73. The fraction of sp³-hybridized carbons (Fsp3) is 0. The van der Waals surface area contributed by atoms with Gasteiger partial charge in [0.15, 0.2) is 11.6 Å². The van der Waals surface area contributed by atoms with Gasteiger partial charge >= 0.3 is 0 Å². The molecular weight excluding hydrogens is 787 g/mol. The van der Waals surface area contributed by atoms with Crippen LogP contribution in [-0.2, 0) is 0 Å². The molecule has 0 fully saturated rings. The normalized spacial score (nSPS) is 11.8. The Kier molecular flexibility index (Phi) is 8.01. The third-order valence-electron chi connectivity index (χ3n) is 12.4. The van der Waals surface area contributed by atoms with Gasteiger partial charge in [0.25, 0.3) is 0 Å². The molecule has 294 valence electrons. The van der Waals surface area contributed by atoms with Crippen LogP contribution in [0.2, 0.25) is 0 Å². The largest absolute Gasteiger partial charge is 0.309 e. The first kappa shape index (κ1) is 35.6. The lowest BCUT2D eigenvalue weighted by atomic mass is 9.96. The number of fused-ring (bicyclic) bond motifs is 9. The summed E-state index contributed by atoms with van der Waals surface area (Å²) in [5.74, 6) is 1.79. The van der Waals surface area contributed by atoms with Crippen molar-refractivity contribution >= 4 is 75.1 Å². The minimum atomic E-state index is 0.567. The quantitative estimate of drug-likeness (QED) is 0.168. The number of rotatable bonds is 6. The predicted octanol–water partition coefficient (Wildman–Crippen LogP) is 15.1. The van der Waals surface area contributed by atoms with Gasteiger partial charge in [-0.1, -0.05) is 158 Å². The molecule has 0 saturated heterocycles. The number of thiophene rings is 1. The van der Waals surface area contributed by atoms with Crippen LogP contribution in [0.5, 0.6) is 0 Å². The van der Waals surface area contributed by atoms with E-state index in [1.165, 1.54) is 47.6 Å². The molecule has 13 aromatic rings. The second kappa shape index (κ2) is 14.2. The van der Waals surface area contributed by atoms with Crippen molar-refractivity contribution < 1.29 is 0 Å². The Morgan fingerprint density at radius 1 is 0.317 bits per heavy atom. The van der Waals surface area contributed by atoms with Crippen molar-refractivity contribution in [3.63, 3.8) is 0 Å². The lowest BCUT2D eigenvalue weighted by Crippen LogP contribution is -2.06. The van der Waals surface area contributed by atoms with Gasteiger partial charge in [-0.3, -0.25) is 4.57 Å². The lowest BCUT2D eigenvalue weighted by molar-refractivity contribution is 0.953. The maximum Gasteiger partial charge on any atom is 0.238 e. The van der Waals surface area contributed by atoms with Gasteiger partial charge < -0.3 is 4.57 Å². The van der Waals surface area contributed by atoms with Gasteiger partial charge in [-0.25, -0.2) is 4.98 Å². The molecule has 0 atom stereocenters. The van der Waals surface area contributed by atoms with E-state index in [2.05, 4.69) is 203 Å². The molecule has 13 rings (SSSR count). The van der Waals surface area contributed by atoms with Crippen LogP contribution in [-0.4, -0.2) is 24.1 Å². The third-order valence-corrected chi connectivity index (χ3v) is 13.5. The Balaban J connectivity index is 1.04. The fourth-order valence-electron chi connectivity index (χ4n) is 9.51. The van der Waals surface area contributed by atoms with Gasteiger partial charge in [0, 0.05) is 58.5 Å². The van der Waals surface area contributed by atoms with Gasteiger partial charge in [0.1, 0.15) is 0 Å². The zero-order valence-corrected chi connectivity index (χ0v) is 34.7. The topological polar surface area (TPSA) is 48.5 Å². The molecule has 0 radical (unpaired) electrons. The predicted molar refractivity (Wildman–Crippen MR) is 263 cm³/mol. The number of para-hydroxylation sites is 3. The minimum absolute atomic E-state index is 0.567. The zero-order valence-electron chi connectivity index (χ0n) is 33.9. The van der Waals surface area contributed by atoms with E-state index in [1.54, 1.807) is 0 Å². The van der Waals surface area contributed by atoms with Crippen molar-refractivity contribution in [3.05, 3.63) is 212 Å². The molecule has 9 aromatic carbocycles. The van der Waals surface area contributed by atoms with Crippen LogP contribution in [0.1, 0.15) is 0 Å². The van der Waals surface area contributed by atoms with Crippen LogP contribution in [0.25, 0.3) is 120 Å². The van der Waals surface area contributed by atoms with Crippen molar-refractivity contribution in [1.82, 2.24) is 24.1 Å². The highest BCUT2D eigenvalue weighted by Gasteiger charge is 2.21. The highest BCUT2D eigenvalue weighted by Crippen LogP contribution is 2.43. The van der Waals surface area contributed by atoms with Gasteiger partial charge in [0.2, 0.25) is 5.95 Å². The molecular formula is C57H35N5S. The Bertz CT molecular complexity index is 3900. The van der Waals surface area contributed by atoms with Gasteiger partial charge in [-0.05, 0) is 76.9 Å². The molecule has 6 heteroatoms. The van der Waals surface area contributed by atoms with E-state index in [1.807, 2.05) is 29.5 Å². The van der Waals surface area contributed by atoms with Crippen LogP contribution >= 0.6 is 11.3 Å². The van der Waals surface area contributed by atoms with Crippen LogP contribution in [0.4, 0.5) is 0 Å². The molecule has 5 nitrogen and oxygen atoms in total. The number of aromatic nitrogens is 5. The minimum Gasteiger partial charge on any atom is -0.309 e.